The van der Waals surface area contributed by atoms with Gasteiger partial charge in [-0.1, -0.05) is 415 Å². The van der Waals surface area contributed by atoms with Gasteiger partial charge in [-0.25, -0.2) is 0 Å². The molecule has 113 heavy (non-hydrogen) atoms. The van der Waals surface area contributed by atoms with Gasteiger partial charge in [-0.3, -0.25) is 0 Å². The zero-order valence-corrected chi connectivity index (χ0v) is 71.6. The topological polar surface area (TPSA) is 0 Å². The molecule has 3 heteroatoms. The first-order chi connectivity index (χ1) is 53.7. The minimum atomic E-state index is 0.0833. The Morgan fingerprint density at radius 2 is 0.389 bits per heavy atom. The van der Waals surface area contributed by atoms with Gasteiger partial charge in [0.25, 0.3) is 0 Å². The quantitative estimate of drug-likeness (QED) is 0.0998. The molecule has 0 bridgehead atoms. The first-order valence-electron chi connectivity index (χ1n) is 41.3. The average Bonchev–Trinajstić information content (AvgIpc) is 0.731. The van der Waals surface area contributed by atoms with E-state index in [1.807, 2.05) is 0 Å². The third-order valence-electron chi connectivity index (χ3n) is 25.7. The van der Waals surface area contributed by atoms with Gasteiger partial charge in [-0.15, -0.1) is 0 Å². The molecule has 0 saturated carbocycles. The molecule has 0 nitrogen and oxygen atoms in total. The highest BCUT2D eigenvalue weighted by Gasteiger charge is 2.35. The van der Waals surface area contributed by atoms with Crippen LogP contribution in [-0.4, -0.2) is 20.1 Å². The lowest BCUT2D eigenvalue weighted by molar-refractivity contribution is 0.591. The fraction of sp³-hybridized carbons (Fsp3) is 0.236. The second-order valence-corrected chi connectivity index (χ2v) is 36.6. The van der Waals surface area contributed by atoms with Crippen molar-refractivity contribution in [3.8, 4) is 0 Å². The van der Waals surface area contributed by atoms with E-state index >= 15 is 0 Å². The summed E-state index contributed by atoms with van der Waals surface area (Å²) in [6, 6.07) is 86.8. The van der Waals surface area contributed by atoms with Crippen LogP contribution in [0.15, 0.2) is 224 Å². The van der Waals surface area contributed by atoms with Crippen molar-refractivity contribution in [3.05, 3.63) is 336 Å². The average molecular weight is 1460 g/mol. The highest BCUT2D eigenvalue weighted by molar-refractivity contribution is 6.99. The molecule has 558 valence electrons. The van der Waals surface area contributed by atoms with Crippen LogP contribution in [0.25, 0.3) is 97.0 Å². The Labute approximate surface area is 674 Å². The highest BCUT2D eigenvalue weighted by atomic mass is 14.3. The predicted molar refractivity (Wildman–Crippen MR) is 506 cm³/mol. The van der Waals surface area contributed by atoms with E-state index in [0.29, 0.717) is 0 Å². The summed E-state index contributed by atoms with van der Waals surface area (Å²) in [7, 11) is 0. The van der Waals surface area contributed by atoms with Crippen molar-refractivity contribution in [1.29, 1.82) is 0 Å². The van der Waals surface area contributed by atoms with Crippen molar-refractivity contribution in [2.75, 3.05) is 0 Å². The van der Waals surface area contributed by atoms with Crippen LogP contribution in [0.3, 0.4) is 0 Å². The summed E-state index contributed by atoms with van der Waals surface area (Å²) in [5.41, 5.74) is 40.3. The Morgan fingerprint density at radius 3 is 0.664 bits per heavy atom. The van der Waals surface area contributed by atoms with Crippen molar-refractivity contribution in [2.24, 2.45) is 0 Å². The normalized spacial score (nSPS) is 12.1. The molecule has 0 aromatic heterocycles. The van der Waals surface area contributed by atoms with Gasteiger partial charge in [0.2, 0.25) is 20.1 Å². The number of hydrogen-bond donors (Lipinski definition) is 0. The first kappa shape index (κ1) is 76.3. The Kier molecular flexibility index (Phi) is 19.4. The van der Waals surface area contributed by atoms with E-state index in [2.05, 4.69) is 391 Å². The standard InChI is InChI=1S/2C38H39B.C34H31B/c1-22-18-24(3)36(25(4)19-22)39(37-26(5)20-23(2)21-27(37)6)33-17-13-29-10-14-30-32(38(7,8)9)16-12-28-11-15-31(33)35(29)34(28)30;1-22-16-24(3)36(25(4)17-22)39(37-26(5)18-23(2)19-27(37)6)33-15-13-28-10-11-29-20-31(38(7,8)9)21-30-12-14-32(33)35(28)34(29)30;1-20-16-22(3)33(23(4)17-20)35(34-24(5)18-21(2)19-25(34)6)30-15-13-28-11-10-26-8-7-9-27-12-14-29(30)32(28)31(26)27/h2*10-21H,1-9H3;7-19H,1-6H3. The van der Waals surface area contributed by atoms with Crippen LogP contribution in [0.5, 0.6) is 0 Å². The molecule has 18 rings (SSSR count). The molecule has 0 fully saturated rings. The van der Waals surface area contributed by atoms with Crippen LogP contribution in [0.1, 0.15) is 153 Å². The lowest BCUT2D eigenvalue weighted by Gasteiger charge is -2.27. The predicted octanol–water partition coefficient (Wildman–Crippen LogP) is 23.4. The van der Waals surface area contributed by atoms with Crippen LogP contribution in [0.4, 0.5) is 0 Å². The van der Waals surface area contributed by atoms with E-state index in [4.69, 9.17) is 0 Å². The number of benzene rings is 18. The summed E-state index contributed by atoms with van der Waals surface area (Å²) in [6.45, 7) is 55.2. The SMILES string of the molecule is Cc1cc(C)c(B(c2c(C)cc(C)cc2C)c2ccc3ccc4c(C(C)(C)C)ccc5ccc2c3c54)c(C)c1.Cc1cc(C)c(B(c2c(C)cc(C)cc2C)c2ccc3ccc4cc(C(C)(C)C)cc5ccc2c3c45)c(C)c1.Cc1cc(C)c(B(c2c(C)cc(C)cc2C)c2ccc3ccc4cccc5ccc2c3c45)c(C)c1. The summed E-state index contributed by atoms with van der Waals surface area (Å²) in [5, 5.41) is 24.5. The van der Waals surface area contributed by atoms with Crippen molar-refractivity contribution in [2.45, 2.75) is 177 Å². The lowest BCUT2D eigenvalue weighted by atomic mass is 9.33. The maximum absolute atomic E-state index is 2.41. The molecule has 0 aliphatic rings. The number of aryl methyl sites for hydroxylation is 18. The molecule has 0 amide bonds. The molecule has 0 saturated heterocycles. The van der Waals surface area contributed by atoms with Gasteiger partial charge in [0.05, 0.1) is 0 Å². The smallest absolute Gasteiger partial charge is 0.0657 e. The maximum Gasteiger partial charge on any atom is 0.243 e. The van der Waals surface area contributed by atoms with Gasteiger partial charge in [0.15, 0.2) is 0 Å². The number of rotatable bonds is 9. The molecular weight excluding hydrogens is 1350 g/mol. The summed E-state index contributed by atoms with van der Waals surface area (Å²) in [6.07, 6.45) is 0. The molecule has 0 heterocycles. The highest BCUT2D eigenvalue weighted by Crippen LogP contribution is 2.42. The van der Waals surface area contributed by atoms with Crippen LogP contribution in [-0.2, 0) is 10.8 Å². The second-order valence-electron chi connectivity index (χ2n) is 36.6. The fourth-order valence-corrected chi connectivity index (χ4v) is 21.5. The monoisotopic (exact) mass is 1460 g/mol. The number of hydrogen-bond acceptors (Lipinski definition) is 0. The van der Waals surface area contributed by atoms with Crippen molar-refractivity contribution in [1.82, 2.24) is 0 Å². The lowest BCUT2D eigenvalue weighted by Crippen LogP contribution is -2.56. The van der Waals surface area contributed by atoms with Gasteiger partial charge in [0, 0.05) is 0 Å². The Morgan fingerprint density at radius 1 is 0.186 bits per heavy atom. The van der Waals surface area contributed by atoms with E-state index in [1.54, 1.807) is 0 Å². The maximum atomic E-state index is 2.41. The minimum absolute atomic E-state index is 0.0833. The molecule has 0 aliphatic heterocycles. The largest absolute Gasteiger partial charge is 0.243 e. The fourth-order valence-electron chi connectivity index (χ4n) is 21.5. The van der Waals surface area contributed by atoms with Crippen molar-refractivity contribution in [3.63, 3.8) is 0 Å². The van der Waals surface area contributed by atoms with Crippen LogP contribution >= 0.6 is 0 Å². The van der Waals surface area contributed by atoms with Gasteiger partial charge < -0.3 is 0 Å². The molecule has 18 aromatic rings. The van der Waals surface area contributed by atoms with E-state index < -0.39 is 0 Å². The van der Waals surface area contributed by atoms with E-state index in [1.165, 1.54) is 257 Å². The van der Waals surface area contributed by atoms with Gasteiger partial charge in [0.1, 0.15) is 0 Å². The van der Waals surface area contributed by atoms with Crippen LogP contribution in [0, 0.1) is 125 Å². The van der Waals surface area contributed by atoms with Crippen LogP contribution < -0.4 is 49.2 Å². The molecular formula is C110H109B3. The Balaban J connectivity index is 0.000000128. The molecule has 0 unspecified atom stereocenters. The van der Waals surface area contributed by atoms with Gasteiger partial charge in [-0.05, 0) is 244 Å². The Bertz CT molecular complexity index is 6510. The van der Waals surface area contributed by atoms with Crippen molar-refractivity contribution >= 4 is 166 Å². The first-order valence-corrected chi connectivity index (χ1v) is 41.3. The zero-order chi connectivity index (χ0) is 80.0. The summed E-state index contributed by atoms with van der Waals surface area (Å²) >= 11 is 0. The minimum Gasteiger partial charge on any atom is -0.0657 e. The summed E-state index contributed by atoms with van der Waals surface area (Å²) < 4.78 is 0. The second kappa shape index (κ2) is 28.7. The molecule has 0 radical (unpaired) electrons. The third-order valence-corrected chi connectivity index (χ3v) is 25.7. The van der Waals surface area contributed by atoms with Gasteiger partial charge >= 0.3 is 0 Å². The molecule has 0 atom stereocenters. The van der Waals surface area contributed by atoms with E-state index in [9.17, 15) is 0 Å². The molecule has 18 aromatic carbocycles. The van der Waals surface area contributed by atoms with Crippen LogP contribution in [0.2, 0.25) is 0 Å². The molecule has 0 aliphatic carbocycles. The van der Waals surface area contributed by atoms with E-state index in [0.717, 1.165) is 0 Å². The van der Waals surface area contributed by atoms with Gasteiger partial charge in [-0.2, -0.15) is 0 Å². The molecule has 0 N–H and O–H groups in total. The third kappa shape index (κ3) is 13.4. The summed E-state index contributed by atoms with van der Waals surface area (Å²) in [5.74, 6) is 0. The van der Waals surface area contributed by atoms with Crippen molar-refractivity contribution < 1.29 is 0 Å². The summed E-state index contributed by atoms with van der Waals surface area (Å²) in [4.78, 5) is 0. The molecule has 0 spiro atoms. The Hall–Kier alpha value is -10.7. The zero-order valence-electron chi connectivity index (χ0n) is 71.6. The van der Waals surface area contributed by atoms with E-state index in [-0.39, 0.29) is 31.0 Å².